The highest BCUT2D eigenvalue weighted by atomic mass is 16.1. The highest BCUT2D eigenvalue weighted by molar-refractivity contribution is 5.80. The van der Waals surface area contributed by atoms with E-state index in [9.17, 15) is 4.79 Å². The van der Waals surface area contributed by atoms with E-state index in [1.807, 2.05) is 12.2 Å². The summed E-state index contributed by atoms with van der Waals surface area (Å²) in [6, 6.07) is 0. The summed E-state index contributed by atoms with van der Waals surface area (Å²) in [5, 5.41) is 0. The van der Waals surface area contributed by atoms with E-state index in [-0.39, 0.29) is 11.7 Å². The van der Waals surface area contributed by atoms with E-state index >= 15 is 0 Å². The molecule has 1 unspecified atom stereocenters. The van der Waals surface area contributed by atoms with Crippen LogP contribution in [0, 0.1) is 5.92 Å². The Morgan fingerprint density at radius 1 is 1.70 bits per heavy atom. The van der Waals surface area contributed by atoms with Gasteiger partial charge in [-0.05, 0) is 20.3 Å². The third-order valence-electron chi connectivity index (χ3n) is 1.79. The van der Waals surface area contributed by atoms with Gasteiger partial charge in [-0.1, -0.05) is 23.8 Å². The molecule has 0 aromatic heterocycles. The fourth-order valence-electron chi connectivity index (χ4n) is 1.12. The summed E-state index contributed by atoms with van der Waals surface area (Å²) < 4.78 is 0. The standard InChI is InChI=1S/C9H12O/c1-7-4-3-5-9(6-7)8(2)10/h3-5,9H,6H2,1-2H3. The van der Waals surface area contributed by atoms with Gasteiger partial charge in [0.25, 0.3) is 0 Å². The Balaban J connectivity index is 2.64. The molecule has 0 radical (unpaired) electrons. The highest BCUT2D eigenvalue weighted by Crippen LogP contribution is 2.18. The third-order valence-corrected chi connectivity index (χ3v) is 1.79. The predicted octanol–water partition coefficient (Wildman–Crippen LogP) is 2.10. The van der Waals surface area contributed by atoms with Gasteiger partial charge in [0.15, 0.2) is 0 Å². The van der Waals surface area contributed by atoms with E-state index in [0.29, 0.717) is 0 Å². The quantitative estimate of drug-likeness (QED) is 0.539. The van der Waals surface area contributed by atoms with Crippen molar-refractivity contribution in [3.63, 3.8) is 0 Å². The Kier molecular flexibility index (Phi) is 2.05. The number of carbonyl (C=O) groups excluding carboxylic acids is 1. The zero-order chi connectivity index (χ0) is 7.56. The van der Waals surface area contributed by atoms with Crippen molar-refractivity contribution in [2.45, 2.75) is 20.3 Å². The van der Waals surface area contributed by atoms with Gasteiger partial charge < -0.3 is 0 Å². The number of carbonyl (C=O) groups is 1. The molecule has 0 aliphatic heterocycles. The van der Waals surface area contributed by atoms with E-state index < -0.39 is 0 Å². The molecule has 1 rings (SSSR count). The van der Waals surface area contributed by atoms with Crippen LogP contribution >= 0.6 is 0 Å². The van der Waals surface area contributed by atoms with Crippen molar-refractivity contribution < 1.29 is 4.79 Å². The van der Waals surface area contributed by atoms with Crippen LogP contribution in [0.3, 0.4) is 0 Å². The van der Waals surface area contributed by atoms with Gasteiger partial charge in [0, 0.05) is 5.92 Å². The van der Waals surface area contributed by atoms with Gasteiger partial charge in [-0.15, -0.1) is 0 Å². The van der Waals surface area contributed by atoms with Crippen LogP contribution in [-0.2, 0) is 4.79 Å². The van der Waals surface area contributed by atoms with Crippen LogP contribution in [0.15, 0.2) is 23.8 Å². The van der Waals surface area contributed by atoms with Crippen molar-refractivity contribution in [1.82, 2.24) is 0 Å². The molecule has 54 valence electrons. The predicted molar refractivity (Wildman–Crippen MR) is 41.7 cm³/mol. The summed E-state index contributed by atoms with van der Waals surface area (Å²) in [5.41, 5.74) is 1.29. The number of rotatable bonds is 1. The maximum atomic E-state index is 10.9. The molecule has 0 N–H and O–H groups in total. The highest BCUT2D eigenvalue weighted by Gasteiger charge is 2.12. The molecule has 0 fully saturated rings. The van der Waals surface area contributed by atoms with Gasteiger partial charge in [-0.2, -0.15) is 0 Å². The Labute approximate surface area is 61.4 Å². The molecule has 1 aliphatic rings. The minimum Gasteiger partial charge on any atom is -0.299 e. The topological polar surface area (TPSA) is 17.1 Å². The fraction of sp³-hybridized carbons (Fsp3) is 0.444. The summed E-state index contributed by atoms with van der Waals surface area (Å²) in [6.07, 6.45) is 6.89. The van der Waals surface area contributed by atoms with Gasteiger partial charge in [0.05, 0.1) is 0 Å². The lowest BCUT2D eigenvalue weighted by Gasteiger charge is -2.11. The molecular formula is C9H12O. The minimum absolute atomic E-state index is 0.144. The van der Waals surface area contributed by atoms with Gasteiger partial charge >= 0.3 is 0 Å². The number of ketones is 1. The molecule has 0 aromatic rings. The first-order valence-electron chi connectivity index (χ1n) is 3.54. The molecule has 0 heterocycles. The molecule has 1 aliphatic carbocycles. The van der Waals surface area contributed by atoms with E-state index in [0.717, 1.165) is 6.42 Å². The zero-order valence-corrected chi connectivity index (χ0v) is 6.42. The van der Waals surface area contributed by atoms with Crippen LogP contribution in [0.4, 0.5) is 0 Å². The Morgan fingerprint density at radius 2 is 2.40 bits per heavy atom. The number of allylic oxidation sites excluding steroid dienone is 4. The van der Waals surface area contributed by atoms with Crippen LogP contribution in [0.25, 0.3) is 0 Å². The SMILES string of the molecule is CC(=O)C1C=CC=C(C)C1. The molecular weight excluding hydrogens is 124 g/mol. The second-order valence-corrected chi connectivity index (χ2v) is 2.82. The molecule has 0 saturated carbocycles. The van der Waals surface area contributed by atoms with Crippen molar-refractivity contribution in [2.24, 2.45) is 5.92 Å². The molecule has 1 heteroatoms. The maximum Gasteiger partial charge on any atom is 0.136 e. The minimum atomic E-state index is 0.144. The van der Waals surface area contributed by atoms with E-state index in [1.54, 1.807) is 6.92 Å². The van der Waals surface area contributed by atoms with Crippen molar-refractivity contribution in [2.75, 3.05) is 0 Å². The van der Waals surface area contributed by atoms with Crippen LogP contribution < -0.4 is 0 Å². The molecule has 1 atom stereocenters. The van der Waals surface area contributed by atoms with Crippen LogP contribution in [0.2, 0.25) is 0 Å². The first kappa shape index (κ1) is 7.26. The normalized spacial score (nSPS) is 24.2. The fourth-order valence-corrected chi connectivity index (χ4v) is 1.12. The smallest absolute Gasteiger partial charge is 0.136 e. The molecule has 10 heavy (non-hydrogen) atoms. The van der Waals surface area contributed by atoms with Crippen molar-refractivity contribution in [3.8, 4) is 0 Å². The van der Waals surface area contributed by atoms with Gasteiger partial charge in [-0.3, -0.25) is 4.79 Å². The summed E-state index contributed by atoms with van der Waals surface area (Å²) in [7, 11) is 0. The average molecular weight is 136 g/mol. The lowest BCUT2D eigenvalue weighted by Crippen LogP contribution is -2.09. The Morgan fingerprint density at radius 3 is 2.80 bits per heavy atom. The molecule has 0 spiro atoms. The van der Waals surface area contributed by atoms with Gasteiger partial charge in [0.2, 0.25) is 0 Å². The molecule has 0 saturated heterocycles. The zero-order valence-electron chi connectivity index (χ0n) is 6.42. The molecule has 1 nitrogen and oxygen atoms in total. The van der Waals surface area contributed by atoms with Gasteiger partial charge in [-0.25, -0.2) is 0 Å². The lowest BCUT2D eigenvalue weighted by atomic mass is 9.92. The van der Waals surface area contributed by atoms with Crippen molar-refractivity contribution in [3.05, 3.63) is 23.8 Å². The first-order chi connectivity index (χ1) is 4.70. The van der Waals surface area contributed by atoms with Crippen LogP contribution in [-0.4, -0.2) is 5.78 Å². The summed E-state index contributed by atoms with van der Waals surface area (Å²) >= 11 is 0. The monoisotopic (exact) mass is 136 g/mol. The van der Waals surface area contributed by atoms with E-state index in [4.69, 9.17) is 0 Å². The first-order valence-corrected chi connectivity index (χ1v) is 3.54. The summed E-state index contributed by atoms with van der Waals surface area (Å²) in [6.45, 7) is 3.70. The molecule has 0 aromatic carbocycles. The number of hydrogen-bond acceptors (Lipinski definition) is 1. The third kappa shape index (κ3) is 1.56. The number of hydrogen-bond donors (Lipinski definition) is 0. The van der Waals surface area contributed by atoms with E-state index in [2.05, 4.69) is 13.0 Å². The Hall–Kier alpha value is -0.850. The molecule has 0 bridgehead atoms. The second-order valence-electron chi connectivity index (χ2n) is 2.82. The van der Waals surface area contributed by atoms with Crippen molar-refractivity contribution >= 4 is 5.78 Å². The largest absolute Gasteiger partial charge is 0.299 e. The number of Topliss-reactive ketones (excluding diaryl/α,β-unsaturated/α-hetero) is 1. The van der Waals surface area contributed by atoms with E-state index in [1.165, 1.54) is 5.57 Å². The van der Waals surface area contributed by atoms with Crippen LogP contribution in [0.5, 0.6) is 0 Å². The lowest BCUT2D eigenvalue weighted by molar-refractivity contribution is -0.119. The average Bonchev–Trinajstić information content (AvgIpc) is 1.88. The van der Waals surface area contributed by atoms with Crippen LogP contribution in [0.1, 0.15) is 20.3 Å². The Bertz CT molecular complexity index is 199. The molecule has 0 amide bonds. The summed E-state index contributed by atoms with van der Waals surface area (Å²) in [4.78, 5) is 10.9. The summed E-state index contributed by atoms with van der Waals surface area (Å²) in [5.74, 6) is 0.411. The second kappa shape index (κ2) is 2.82. The van der Waals surface area contributed by atoms with Crippen molar-refractivity contribution in [1.29, 1.82) is 0 Å². The maximum absolute atomic E-state index is 10.9. The van der Waals surface area contributed by atoms with Gasteiger partial charge in [0.1, 0.15) is 5.78 Å².